The van der Waals surface area contributed by atoms with Crippen molar-refractivity contribution in [2.24, 2.45) is 0 Å². The van der Waals surface area contributed by atoms with Gasteiger partial charge in [-0.2, -0.15) is 0 Å². The van der Waals surface area contributed by atoms with E-state index in [9.17, 15) is 4.79 Å². The van der Waals surface area contributed by atoms with E-state index in [-0.39, 0.29) is 22.5 Å². The monoisotopic (exact) mass is 162 g/mol. The Kier molecular flexibility index (Phi) is 91.1. The summed E-state index contributed by atoms with van der Waals surface area (Å²) in [6, 6.07) is 0. The number of carboxylic acid groups (broad SMARTS) is 1. The predicted molar refractivity (Wildman–Crippen MR) is 36.8 cm³/mol. The molecule has 10 heavy (non-hydrogen) atoms. The Hall–Kier alpha value is -1.14. The molecule has 64 valence electrons. The second-order valence-corrected chi connectivity index (χ2v) is 0.550. The van der Waals surface area contributed by atoms with Crippen LogP contribution in [0.4, 0.5) is 18.9 Å². The molecule has 1 N–H and O–H groups in total. The fourth-order valence-electron chi connectivity index (χ4n) is 0.0713. The number of ether oxygens (including phenoxy) is 1. The summed E-state index contributed by atoms with van der Waals surface area (Å²) in [5, 5.41) is 7.62. The van der Waals surface area contributed by atoms with Crippen molar-refractivity contribution in [2.75, 3.05) is 0 Å². The van der Waals surface area contributed by atoms with Gasteiger partial charge in [-0.15, -0.1) is 0 Å². The molecule has 0 unspecified atom stereocenters. The largest absolute Gasteiger partial charge is 0.510 e. The maximum Gasteiger partial charge on any atom is 0.510 e. The maximum absolute atomic E-state index is 9.31. The van der Waals surface area contributed by atoms with Crippen LogP contribution in [0.1, 0.15) is 0 Å². The topological polar surface area (TPSA) is 46.5 Å². The summed E-state index contributed by atoms with van der Waals surface area (Å²) in [6.07, 6.45) is -0.479. The van der Waals surface area contributed by atoms with E-state index in [4.69, 9.17) is 5.11 Å². The van der Waals surface area contributed by atoms with E-state index in [0.717, 1.165) is 6.26 Å². The van der Waals surface area contributed by atoms with E-state index in [1.807, 2.05) is 0 Å². The van der Waals surface area contributed by atoms with Crippen molar-refractivity contribution in [1.82, 2.24) is 0 Å². The summed E-state index contributed by atoms with van der Waals surface area (Å²) in [5.41, 5.74) is 0. The molecule has 3 nitrogen and oxygen atoms in total. The van der Waals surface area contributed by atoms with Crippen LogP contribution in [-0.2, 0) is 4.74 Å². The summed E-state index contributed by atoms with van der Waals surface area (Å²) in [4.78, 5) is 9.31. The Balaban J connectivity index is -0.0000000208. The molecule has 0 fully saturated rings. The molecule has 0 amide bonds. The Morgan fingerprint density at radius 1 is 1.40 bits per heavy atom. The number of hydrogen-bond donors (Lipinski definition) is 1. The molecule has 0 spiro atoms. The second-order valence-electron chi connectivity index (χ2n) is 0.550. The molecule has 0 saturated carbocycles. The van der Waals surface area contributed by atoms with Crippen molar-refractivity contribution >= 4 is 14.6 Å². The van der Waals surface area contributed by atoms with Gasteiger partial charge in [-0.3, -0.25) is 14.1 Å². The average Bonchev–Trinajstić information content (AvgIpc) is 1.35. The first-order valence-corrected chi connectivity index (χ1v) is 1.28. The van der Waals surface area contributed by atoms with Crippen molar-refractivity contribution < 1.29 is 28.8 Å². The third kappa shape index (κ3) is 67.9. The van der Waals surface area contributed by atoms with Crippen molar-refractivity contribution in [2.45, 2.75) is 0 Å². The molecule has 0 bridgehead atoms. The van der Waals surface area contributed by atoms with Crippen LogP contribution in [0.2, 0.25) is 0 Å². The van der Waals surface area contributed by atoms with Gasteiger partial charge in [0.15, 0.2) is 0 Å². The molecule has 0 rings (SSSR count). The lowest BCUT2D eigenvalue weighted by molar-refractivity contribution is 0.128. The summed E-state index contributed by atoms with van der Waals surface area (Å²) in [5.74, 6) is 0. The average molecular weight is 162 g/mol. The molecule has 0 aromatic heterocycles. The zero-order valence-electron chi connectivity index (χ0n) is 4.27. The molecular formula is C3H10BF3O3. The molecular weight excluding hydrogens is 152 g/mol. The predicted octanol–water partition coefficient (Wildman–Crippen LogP) is 0.0981. The Labute approximate surface area is 57.4 Å². The summed E-state index contributed by atoms with van der Waals surface area (Å²) in [6.45, 7) is 3.00. The minimum atomic E-state index is -1.33. The lowest BCUT2D eigenvalue weighted by Gasteiger charge is -1.81. The quantitative estimate of drug-likeness (QED) is 0.337. The van der Waals surface area contributed by atoms with Crippen molar-refractivity contribution in [3.8, 4) is 0 Å². The number of halogens is 3. The van der Waals surface area contributed by atoms with Gasteiger partial charge in [-0.05, 0) is 0 Å². The SMILES string of the molecule is B.C=COC(=O)O.F.F.F. The van der Waals surface area contributed by atoms with Crippen LogP contribution >= 0.6 is 0 Å². The van der Waals surface area contributed by atoms with Gasteiger partial charge in [0.25, 0.3) is 0 Å². The van der Waals surface area contributed by atoms with Gasteiger partial charge in [-0.1, -0.05) is 6.58 Å². The van der Waals surface area contributed by atoms with Crippen molar-refractivity contribution in [3.63, 3.8) is 0 Å². The number of carbonyl (C=O) groups is 1. The third-order valence-corrected chi connectivity index (χ3v) is 0.184. The molecule has 0 radical (unpaired) electrons. The van der Waals surface area contributed by atoms with E-state index in [0.29, 0.717) is 0 Å². The van der Waals surface area contributed by atoms with Gasteiger partial charge in [0.1, 0.15) is 0 Å². The first kappa shape index (κ1) is 36.7. The second kappa shape index (κ2) is 24.8. The van der Waals surface area contributed by atoms with Crippen LogP contribution in [0, 0.1) is 0 Å². The zero-order valence-corrected chi connectivity index (χ0v) is 4.27. The molecule has 0 atom stereocenters. The third-order valence-electron chi connectivity index (χ3n) is 0.184. The van der Waals surface area contributed by atoms with Gasteiger partial charge in [0.05, 0.1) is 14.7 Å². The highest BCUT2D eigenvalue weighted by atomic mass is 19.0. The number of rotatable bonds is 1. The van der Waals surface area contributed by atoms with E-state index in [1.165, 1.54) is 0 Å². The van der Waals surface area contributed by atoms with E-state index >= 15 is 0 Å². The highest BCUT2D eigenvalue weighted by Crippen LogP contribution is 1.70. The summed E-state index contributed by atoms with van der Waals surface area (Å²) >= 11 is 0. The van der Waals surface area contributed by atoms with Crippen LogP contribution in [-0.4, -0.2) is 19.7 Å². The molecule has 0 aliphatic rings. The summed E-state index contributed by atoms with van der Waals surface area (Å²) < 4.78 is 3.72. The van der Waals surface area contributed by atoms with Gasteiger partial charge >= 0.3 is 6.16 Å². The van der Waals surface area contributed by atoms with Crippen LogP contribution in [0.3, 0.4) is 0 Å². The highest BCUT2D eigenvalue weighted by molar-refractivity contribution is 5.75. The molecule has 0 aliphatic carbocycles. The highest BCUT2D eigenvalue weighted by Gasteiger charge is 1.84. The van der Waals surface area contributed by atoms with Gasteiger partial charge in [0.2, 0.25) is 0 Å². The maximum atomic E-state index is 9.31. The molecule has 7 heteroatoms. The zero-order chi connectivity index (χ0) is 4.99. The Morgan fingerprint density at radius 3 is 1.70 bits per heavy atom. The molecule has 0 aliphatic heterocycles. The van der Waals surface area contributed by atoms with E-state index < -0.39 is 6.16 Å². The minimum Gasteiger partial charge on any atom is -0.449 e. The number of hydrogen-bond acceptors (Lipinski definition) is 2. The van der Waals surface area contributed by atoms with Crippen LogP contribution < -0.4 is 0 Å². The lowest BCUT2D eigenvalue weighted by atomic mass is 10.8. The van der Waals surface area contributed by atoms with Gasteiger partial charge < -0.3 is 9.84 Å². The van der Waals surface area contributed by atoms with E-state index in [2.05, 4.69) is 11.3 Å². The fourth-order valence-corrected chi connectivity index (χ4v) is 0.0713. The van der Waals surface area contributed by atoms with E-state index in [1.54, 1.807) is 0 Å². The molecule has 0 aromatic carbocycles. The molecule has 0 aromatic rings. The van der Waals surface area contributed by atoms with Crippen LogP contribution in [0.5, 0.6) is 0 Å². The van der Waals surface area contributed by atoms with Crippen molar-refractivity contribution in [1.29, 1.82) is 0 Å². The van der Waals surface area contributed by atoms with Gasteiger partial charge in [-0.25, -0.2) is 4.79 Å². The van der Waals surface area contributed by atoms with Crippen molar-refractivity contribution in [3.05, 3.63) is 12.8 Å². The smallest absolute Gasteiger partial charge is 0.449 e. The standard InChI is InChI=1S/C3H4O3.BH3.3FH/c1-2-6-3(4)5;;;;/h2H,1H2,(H,4,5);1H3;3*1H. The normalized spacial score (nSPS) is 4.00. The van der Waals surface area contributed by atoms with Crippen LogP contribution in [0.25, 0.3) is 0 Å². The first-order chi connectivity index (χ1) is 2.77. The lowest BCUT2D eigenvalue weighted by Crippen LogP contribution is -1.89. The van der Waals surface area contributed by atoms with Gasteiger partial charge in [0, 0.05) is 0 Å². The minimum absolute atomic E-state index is 0. The Bertz CT molecular complexity index is 79.4. The Morgan fingerprint density at radius 2 is 1.70 bits per heavy atom. The van der Waals surface area contributed by atoms with Crippen LogP contribution in [0.15, 0.2) is 12.8 Å². The first-order valence-electron chi connectivity index (χ1n) is 1.28. The fraction of sp³-hybridized carbons (Fsp3) is 0. The molecule has 0 saturated heterocycles. The summed E-state index contributed by atoms with van der Waals surface area (Å²) in [7, 11) is 0. The molecule has 0 heterocycles.